The molecule has 0 aliphatic heterocycles. The van der Waals surface area contributed by atoms with Crippen LogP contribution in [0.1, 0.15) is 11.7 Å². The number of carboxylic acids is 1. The highest BCUT2D eigenvalue weighted by molar-refractivity contribution is 5.76. The van der Waals surface area contributed by atoms with Gasteiger partial charge in [0.2, 0.25) is 5.82 Å². The van der Waals surface area contributed by atoms with Gasteiger partial charge in [0.15, 0.2) is 29.4 Å². The number of rotatable bonds is 3. The number of aliphatic carboxylic acids is 1. The van der Waals surface area contributed by atoms with Crippen LogP contribution in [-0.4, -0.2) is 16.2 Å². The highest BCUT2D eigenvalue weighted by Gasteiger charge is 2.30. The molecular formula is C14H6F6O3. The maximum Gasteiger partial charge on any atom is 0.337 e. The normalized spacial score (nSPS) is 12.3. The highest BCUT2D eigenvalue weighted by atomic mass is 19.2. The van der Waals surface area contributed by atoms with E-state index in [9.17, 15) is 36.2 Å². The average molecular weight is 336 g/mol. The molecule has 0 fully saturated rings. The Balaban J connectivity index is 2.79. The molecule has 2 N–H and O–H groups in total. The van der Waals surface area contributed by atoms with Crippen molar-refractivity contribution >= 4 is 5.97 Å². The SMILES string of the molecule is O=C(O)C(O)c1cccc(-c2c(F)c(F)c(F)c(F)c2F)c1F. The van der Waals surface area contributed by atoms with Crippen molar-refractivity contribution in [2.75, 3.05) is 0 Å². The van der Waals surface area contributed by atoms with Crippen LogP contribution in [0.4, 0.5) is 26.3 Å². The van der Waals surface area contributed by atoms with E-state index in [1.54, 1.807) is 0 Å². The second kappa shape index (κ2) is 5.92. The zero-order valence-electron chi connectivity index (χ0n) is 10.9. The molecular weight excluding hydrogens is 330 g/mol. The summed E-state index contributed by atoms with van der Waals surface area (Å²) in [5, 5.41) is 17.9. The standard InChI is InChI=1S/C14H6F6O3/c15-7-4(2-1-3-5(7)13(21)14(22)23)6-8(16)10(18)12(20)11(19)9(6)17/h1-3,13,21H,(H,22,23). The Labute approximate surface area is 124 Å². The van der Waals surface area contributed by atoms with Crippen LogP contribution < -0.4 is 0 Å². The van der Waals surface area contributed by atoms with Crippen molar-refractivity contribution < 1.29 is 41.4 Å². The fourth-order valence-corrected chi connectivity index (χ4v) is 1.93. The largest absolute Gasteiger partial charge is 0.479 e. The Morgan fingerprint density at radius 3 is 1.78 bits per heavy atom. The van der Waals surface area contributed by atoms with Crippen LogP contribution in [0, 0.1) is 34.9 Å². The molecule has 0 aliphatic rings. The lowest BCUT2D eigenvalue weighted by Gasteiger charge is -2.13. The van der Waals surface area contributed by atoms with Gasteiger partial charge < -0.3 is 10.2 Å². The lowest BCUT2D eigenvalue weighted by atomic mass is 9.98. The number of aliphatic hydroxyl groups excluding tert-OH is 1. The van der Waals surface area contributed by atoms with Crippen molar-refractivity contribution in [1.82, 2.24) is 0 Å². The molecule has 23 heavy (non-hydrogen) atoms. The summed E-state index contributed by atoms with van der Waals surface area (Å²) in [4.78, 5) is 10.7. The minimum Gasteiger partial charge on any atom is -0.479 e. The van der Waals surface area contributed by atoms with Crippen LogP contribution in [0.25, 0.3) is 11.1 Å². The van der Waals surface area contributed by atoms with Crippen molar-refractivity contribution in [2.24, 2.45) is 0 Å². The van der Waals surface area contributed by atoms with E-state index in [0.717, 1.165) is 12.1 Å². The Morgan fingerprint density at radius 1 is 0.826 bits per heavy atom. The van der Waals surface area contributed by atoms with Crippen LogP contribution in [0.2, 0.25) is 0 Å². The zero-order chi connectivity index (χ0) is 17.5. The third kappa shape index (κ3) is 2.63. The minimum absolute atomic E-state index is 0.686. The first-order chi connectivity index (χ1) is 10.7. The average Bonchev–Trinajstić information content (AvgIpc) is 2.52. The Kier molecular flexibility index (Phi) is 4.33. The first kappa shape index (κ1) is 16.8. The summed E-state index contributed by atoms with van der Waals surface area (Å²) in [5.41, 5.74) is -3.52. The van der Waals surface area contributed by atoms with Gasteiger partial charge in [-0.1, -0.05) is 18.2 Å². The highest BCUT2D eigenvalue weighted by Crippen LogP contribution is 2.35. The van der Waals surface area contributed by atoms with E-state index in [-0.39, 0.29) is 0 Å². The van der Waals surface area contributed by atoms with Crippen LogP contribution >= 0.6 is 0 Å². The van der Waals surface area contributed by atoms with Gasteiger partial charge in [-0.05, 0) is 0 Å². The second-order valence-corrected chi connectivity index (χ2v) is 4.39. The van der Waals surface area contributed by atoms with E-state index < -0.39 is 63.7 Å². The van der Waals surface area contributed by atoms with Crippen molar-refractivity contribution in [1.29, 1.82) is 0 Å². The van der Waals surface area contributed by atoms with Gasteiger partial charge >= 0.3 is 5.97 Å². The molecule has 0 saturated heterocycles. The van der Waals surface area contributed by atoms with Crippen LogP contribution in [-0.2, 0) is 4.79 Å². The van der Waals surface area contributed by atoms with E-state index in [1.807, 2.05) is 0 Å². The zero-order valence-corrected chi connectivity index (χ0v) is 10.9. The summed E-state index contributed by atoms with van der Waals surface area (Å²) in [6.45, 7) is 0. The first-order valence-corrected chi connectivity index (χ1v) is 5.89. The Hall–Kier alpha value is -2.55. The van der Waals surface area contributed by atoms with Crippen LogP contribution in [0.5, 0.6) is 0 Å². The predicted molar refractivity (Wildman–Crippen MR) is 64.2 cm³/mol. The van der Waals surface area contributed by atoms with E-state index in [0.29, 0.717) is 6.07 Å². The van der Waals surface area contributed by atoms with E-state index in [2.05, 4.69) is 0 Å². The maximum absolute atomic E-state index is 14.2. The van der Waals surface area contributed by atoms with Crippen molar-refractivity contribution in [3.05, 3.63) is 58.7 Å². The topological polar surface area (TPSA) is 57.5 Å². The number of carbonyl (C=O) groups is 1. The molecule has 1 atom stereocenters. The predicted octanol–water partition coefficient (Wildman–Crippen LogP) is 3.31. The Bertz CT molecular complexity index is 777. The summed E-state index contributed by atoms with van der Waals surface area (Å²) in [7, 11) is 0. The summed E-state index contributed by atoms with van der Waals surface area (Å²) < 4.78 is 80.9. The third-order valence-corrected chi connectivity index (χ3v) is 3.04. The summed E-state index contributed by atoms with van der Waals surface area (Å²) in [6, 6.07) is 2.38. The molecule has 122 valence electrons. The van der Waals surface area contributed by atoms with E-state index in [1.165, 1.54) is 0 Å². The summed E-state index contributed by atoms with van der Waals surface area (Å²) >= 11 is 0. The van der Waals surface area contributed by atoms with Gasteiger partial charge in [-0.2, -0.15) is 0 Å². The van der Waals surface area contributed by atoms with E-state index >= 15 is 0 Å². The molecule has 0 radical (unpaired) electrons. The van der Waals surface area contributed by atoms with Crippen molar-refractivity contribution in [2.45, 2.75) is 6.10 Å². The lowest BCUT2D eigenvalue weighted by Crippen LogP contribution is -2.13. The van der Waals surface area contributed by atoms with Gasteiger partial charge in [-0.25, -0.2) is 31.1 Å². The Morgan fingerprint density at radius 2 is 1.30 bits per heavy atom. The number of halogens is 6. The molecule has 0 bridgehead atoms. The quantitative estimate of drug-likeness (QED) is 0.514. The van der Waals surface area contributed by atoms with E-state index in [4.69, 9.17) is 5.11 Å². The number of hydrogen-bond acceptors (Lipinski definition) is 2. The fourth-order valence-electron chi connectivity index (χ4n) is 1.93. The van der Waals surface area contributed by atoms with Gasteiger partial charge in [-0.3, -0.25) is 0 Å². The van der Waals surface area contributed by atoms with Gasteiger partial charge in [0.05, 0.1) is 5.56 Å². The van der Waals surface area contributed by atoms with Gasteiger partial charge in [0.1, 0.15) is 5.82 Å². The molecule has 2 rings (SSSR count). The minimum atomic E-state index is -2.41. The molecule has 0 spiro atoms. The monoisotopic (exact) mass is 336 g/mol. The molecule has 2 aromatic rings. The number of benzene rings is 2. The fraction of sp³-hybridized carbons (Fsp3) is 0.0714. The number of aliphatic hydroxyl groups is 1. The molecule has 1 unspecified atom stereocenters. The van der Waals surface area contributed by atoms with Crippen molar-refractivity contribution in [3.63, 3.8) is 0 Å². The second-order valence-electron chi connectivity index (χ2n) is 4.39. The number of hydrogen-bond donors (Lipinski definition) is 2. The van der Waals surface area contributed by atoms with Crippen molar-refractivity contribution in [3.8, 4) is 11.1 Å². The molecule has 9 heteroatoms. The number of carboxylic acid groups (broad SMARTS) is 1. The molecule has 2 aromatic carbocycles. The molecule has 0 amide bonds. The summed E-state index contributed by atoms with van der Waals surface area (Å²) in [6.07, 6.45) is -2.38. The lowest BCUT2D eigenvalue weighted by molar-refractivity contribution is -0.147. The third-order valence-electron chi connectivity index (χ3n) is 3.04. The maximum atomic E-state index is 14.2. The van der Waals surface area contributed by atoms with Gasteiger partial charge in [0, 0.05) is 11.1 Å². The molecule has 0 aliphatic carbocycles. The summed E-state index contributed by atoms with van der Waals surface area (Å²) in [5.74, 6) is -15.0. The van der Waals surface area contributed by atoms with Gasteiger partial charge in [0.25, 0.3) is 0 Å². The van der Waals surface area contributed by atoms with Crippen LogP contribution in [0.3, 0.4) is 0 Å². The molecule has 0 aromatic heterocycles. The smallest absolute Gasteiger partial charge is 0.337 e. The molecule has 0 heterocycles. The van der Waals surface area contributed by atoms with Crippen LogP contribution in [0.15, 0.2) is 18.2 Å². The molecule has 0 saturated carbocycles. The first-order valence-electron chi connectivity index (χ1n) is 5.89. The molecule has 3 nitrogen and oxygen atoms in total. The van der Waals surface area contributed by atoms with Gasteiger partial charge in [-0.15, -0.1) is 0 Å².